The van der Waals surface area contributed by atoms with E-state index in [9.17, 15) is 0 Å². The average molecular weight is 284 g/mol. The lowest BCUT2D eigenvalue weighted by Gasteiger charge is -2.06. The summed E-state index contributed by atoms with van der Waals surface area (Å²) in [5, 5.41) is 0.611. The van der Waals surface area contributed by atoms with Gasteiger partial charge in [-0.1, -0.05) is 39.7 Å². The van der Waals surface area contributed by atoms with E-state index < -0.39 is 0 Å². The zero-order valence-electron chi connectivity index (χ0n) is 7.78. The highest BCUT2D eigenvalue weighted by Crippen LogP contribution is 2.29. The van der Waals surface area contributed by atoms with E-state index in [2.05, 4.69) is 15.9 Å². The monoisotopic (exact) mass is 282 g/mol. The minimum atomic E-state index is 0.611. The highest BCUT2D eigenvalue weighted by Gasteiger charge is 2.00. The molecule has 0 aliphatic heterocycles. The third-order valence-corrected chi connectivity index (χ3v) is 2.72. The number of halogens is 2. The normalized spacial score (nSPS) is 10.0. The molecule has 3 heteroatoms. The Morgan fingerprint density at radius 3 is 2.27 bits per heavy atom. The molecule has 76 valence electrons. The van der Waals surface area contributed by atoms with Crippen LogP contribution in [-0.4, -0.2) is 0 Å². The van der Waals surface area contributed by atoms with E-state index in [0.717, 1.165) is 10.2 Å². The molecule has 0 spiro atoms. The van der Waals surface area contributed by atoms with Gasteiger partial charge in [-0.15, -0.1) is 0 Å². The molecule has 2 aromatic carbocycles. The first kappa shape index (κ1) is 10.5. The molecule has 0 saturated heterocycles. The van der Waals surface area contributed by atoms with Crippen molar-refractivity contribution in [2.24, 2.45) is 0 Å². The van der Waals surface area contributed by atoms with Crippen molar-refractivity contribution in [1.29, 1.82) is 0 Å². The van der Waals surface area contributed by atoms with Crippen LogP contribution in [0, 0.1) is 0 Å². The summed E-state index contributed by atoms with van der Waals surface area (Å²) in [6, 6.07) is 15.0. The maximum atomic E-state index is 5.97. The van der Waals surface area contributed by atoms with Gasteiger partial charge in [0.15, 0.2) is 0 Å². The van der Waals surface area contributed by atoms with E-state index in [0.29, 0.717) is 10.8 Å². The molecule has 0 unspecified atom stereocenters. The molecule has 2 rings (SSSR count). The first-order chi connectivity index (χ1) is 7.25. The molecule has 0 fully saturated rings. The fourth-order valence-electron chi connectivity index (χ4n) is 1.16. The molecule has 0 aliphatic carbocycles. The SMILES string of the molecule is Clc1ccccc1Oc1ccc(Br)cc1. The minimum absolute atomic E-state index is 0.611. The molecule has 0 atom stereocenters. The Hall–Kier alpha value is -0.990. The zero-order valence-corrected chi connectivity index (χ0v) is 10.1. The number of para-hydroxylation sites is 1. The van der Waals surface area contributed by atoms with Crippen LogP contribution in [0.5, 0.6) is 11.5 Å². The van der Waals surface area contributed by atoms with Crippen LogP contribution in [0.2, 0.25) is 5.02 Å². The lowest BCUT2D eigenvalue weighted by atomic mass is 10.3. The van der Waals surface area contributed by atoms with E-state index in [-0.39, 0.29) is 0 Å². The predicted octanol–water partition coefficient (Wildman–Crippen LogP) is 4.89. The van der Waals surface area contributed by atoms with Crippen molar-refractivity contribution in [2.75, 3.05) is 0 Å². The van der Waals surface area contributed by atoms with Crippen LogP contribution in [0.3, 0.4) is 0 Å². The van der Waals surface area contributed by atoms with E-state index in [1.54, 1.807) is 6.07 Å². The summed E-state index contributed by atoms with van der Waals surface area (Å²) in [5.74, 6) is 1.44. The third kappa shape index (κ3) is 2.74. The lowest BCUT2D eigenvalue weighted by Crippen LogP contribution is -1.84. The van der Waals surface area contributed by atoms with Gasteiger partial charge in [-0.25, -0.2) is 0 Å². The largest absolute Gasteiger partial charge is 0.456 e. The quantitative estimate of drug-likeness (QED) is 0.762. The van der Waals surface area contributed by atoms with Gasteiger partial charge in [0.25, 0.3) is 0 Å². The summed E-state index contributed by atoms with van der Waals surface area (Å²) in [6.07, 6.45) is 0. The van der Waals surface area contributed by atoms with Crippen LogP contribution in [0.15, 0.2) is 53.0 Å². The minimum Gasteiger partial charge on any atom is -0.456 e. The Morgan fingerprint density at radius 2 is 1.60 bits per heavy atom. The van der Waals surface area contributed by atoms with E-state index in [1.165, 1.54) is 0 Å². The highest BCUT2D eigenvalue weighted by molar-refractivity contribution is 9.10. The molecule has 1 nitrogen and oxygen atoms in total. The molecule has 0 heterocycles. The maximum Gasteiger partial charge on any atom is 0.146 e. The van der Waals surface area contributed by atoms with Gasteiger partial charge < -0.3 is 4.74 Å². The fourth-order valence-corrected chi connectivity index (χ4v) is 1.60. The molecule has 0 N–H and O–H groups in total. The van der Waals surface area contributed by atoms with Gasteiger partial charge in [0.1, 0.15) is 11.5 Å². The number of ether oxygens (including phenoxy) is 1. The van der Waals surface area contributed by atoms with Gasteiger partial charge >= 0.3 is 0 Å². The molecular formula is C12H8BrClO. The summed E-state index contributed by atoms with van der Waals surface area (Å²) < 4.78 is 6.63. The summed E-state index contributed by atoms with van der Waals surface area (Å²) in [4.78, 5) is 0. The molecule has 0 radical (unpaired) electrons. The number of hydrogen-bond acceptors (Lipinski definition) is 1. The number of hydrogen-bond donors (Lipinski definition) is 0. The van der Waals surface area contributed by atoms with Crippen LogP contribution in [0.4, 0.5) is 0 Å². The second kappa shape index (κ2) is 4.69. The second-order valence-corrected chi connectivity index (χ2v) is 4.31. The Kier molecular flexibility index (Phi) is 3.29. The van der Waals surface area contributed by atoms with Gasteiger partial charge in [0, 0.05) is 4.47 Å². The molecular weight excluding hydrogens is 275 g/mol. The molecule has 0 aliphatic rings. The average Bonchev–Trinajstić information content (AvgIpc) is 2.25. The van der Waals surface area contributed by atoms with Gasteiger partial charge in [0.05, 0.1) is 5.02 Å². The Labute approximate surface area is 102 Å². The molecule has 0 bridgehead atoms. The van der Waals surface area contributed by atoms with Crippen molar-refractivity contribution in [2.45, 2.75) is 0 Å². The zero-order chi connectivity index (χ0) is 10.7. The van der Waals surface area contributed by atoms with Crippen LogP contribution in [0.1, 0.15) is 0 Å². The topological polar surface area (TPSA) is 9.23 Å². The van der Waals surface area contributed by atoms with Crippen LogP contribution in [-0.2, 0) is 0 Å². The number of rotatable bonds is 2. The first-order valence-electron chi connectivity index (χ1n) is 4.43. The Balaban J connectivity index is 2.22. The van der Waals surface area contributed by atoms with Crippen molar-refractivity contribution >= 4 is 27.5 Å². The highest BCUT2D eigenvalue weighted by atomic mass is 79.9. The summed E-state index contributed by atoms with van der Waals surface area (Å²) in [6.45, 7) is 0. The van der Waals surface area contributed by atoms with Crippen molar-refractivity contribution in [1.82, 2.24) is 0 Å². The second-order valence-electron chi connectivity index (χ2n) is 2.99. The summed E-state index contributed by atoms with van der Waals surface area (Å²) in [5.41, 5.74) is 0. The molecule has 2 aromatic rings. The summed E-state index contributed by atoms with van der Waals surface area (Å²) in [7, 11) is 0. The van der Waals surface area contributed by atoms with Crippen molar-refractivity contribution in [3.63, 3.8) is 0 Å². The Morgan fingerprint density at radius 1 is 0.933 bits per heavy atom. The third-order valence-electron chi connectivity index (χ3n) is 1.88. The Bertz CT molecular complexity index is 453. The van der Waals surface area contributed by atoms with Gasteiger partial charge in [-0.3, -0.25) is 0 Å². The van der Waals surface area contributed by atoms with Gasteiger partial charge in [-0.05, 0) is 36.4 Å². The predicted molar refractivity (Wildman–Crippen MR) is 65.7 cm³/mol. The smallest absolute Gasteiger partial charge is 0.146 e. The van der Waals surface area contributed by atoms with Crippen LogP contribution >= 0.6 is 27.5 Å². The van der Waals surface area contributed by atoms with E-state index in [1.807, 2.05) is 42.5 Å². The molecule has 0 aromatic heterocycles. The van der Waals surface area contributed by atoms with Crippen molar-refractivity contribution in [3.05, 3.63) is 58.0 Å². The van der Waals surface area contributed by atoms with E-state index >= 15 is 0 Å². The summed E-state index contributed by atoms with van der Waals surface area (Å²) >= 11 is 9.33. The maximum absolute atomic E-state index is 5.97. The lowest BCUT2D eigenvalue weighted by molar-refractivity contribution is 0.483. The number of benzene rings is 2. The molecule has 0 amide bonds. The van der Waals surface area contributed by atoms with Crippen LogP contribution in [0.25, 0.3) is 0 Å². The van der Waals surface area contributed by atoms with Crippen molar-refractivity contribution in [3.8, 4) is 11.5 Å². The van der Waals surface area contributed by atoms with Gasteiger partial charge in [-0.2, -0.15) is 0 Å². The van der Waals surface area contributed by atoms with Gasteiger partial charge in [0.2, 0.25) is 0 Å². The first-order valence-corrected chi connectivity index (χ1v) is 5.61. The standard InChI is InChI=1S/C12H8BrClO/c13-9-5-7-10(8-6-9)15-12-4-2-1-3-11(12)14/h1-8H. The van der Waals surface area contributed by atoms with E-state index in [4.69, 9.17) is 16.3 Å². The van der Waals surface area contributed by atoms with Crippen molar-refractivity contribution < 1.29 is 4.74 Å². The molecule has 0 saturated carbocycles. The van der Waals surface area contributed by atoms with Crippen LogP contribution < -0.4 is 4.74 Å². The molecule has 15 heavy (non-hydrogen) atoms. The fraction of sp³-hybridized carbons (Fsp3) is 0.